The lowest BCUT2D eigenvalue weighted by Crippen LogP contribution is -2.28. The van der Waals surface area contributed by atoms with Gasteiger partial charge in [-0.3, -0.25) is 4.79 Å². The maximum atomic E-state index is 12.3. The Balaban J connectivity index is 0.00000225. The largest absolute Gasteiger partial charge is 0.322 e. The zero-order chi connectivity index (χ0) is 16.8. The summed E-state index contributed by atoms with van der Waals surface area (Å²) in [4.78, 5) is 13.5. The number of halogens is 1. The second-order valence-corrected chi connectivity index (χ2v) is 7.41. The number of nitrogens with one attached hydrogen (secondary N) is 2. The van der Waals surface area contributed by atoms with Gasteiger partial charge in [0.1, 0.15) is 0 Å². The standard InChI is InChI=1S/C20H24N2OS.ClH/c1-2-24-19-11-7-16(8-12-19)20(23)22-18-9-5-15(6-10-18)17-4-3-13-21-14-17;/h5-12,17,21H,2-4,13-14H2,1H3,(H,22,23);1H. The molecule has 1 aliphatic heterocycles. The molecule has 0 aliphatic carbocycles. The van der Waals surface area contributed by atoms with Crippen molar-refractivity contribution < 1.29 is 4.79 Å². The van der Waals surface area contributed by atoms with Crippen molar-refractivity contribution >= 4 is 35.8 Å². The number of thioether (sulfide) groups is 1. The molecule has 1 atom stereocenters. The third-order valence-corrected chi connectivity index (χ3v) is 5.26. The van der Waals surface area contributed by atoms with Crippen molar-refractivity contribution in [3.63, 3.8) is 0 Å². The molecular formula is C20H25ClN2OS. The quantitative estimate of drug-likeness (QED) is 0.726. The number of anilines is 1. The maximum Gasteiger partial charge on any atom is 0.255 e. The van der Waals surface area contributed by atoms with Crippen LogP contribution in [-0.2, 0) is 0 Å². The van der Waals surface area contributed by atoms with Crippen molar-refractivity contribution in [2.45, 2.75) is 30.6 Å². The molecule has 0 aromatic heterocycles. The van der Waals surface area contributed by atoms with Crippen molar-refractivity contribution in [3.05, 3.63) is 59.7 Å². The van der Waals surface area contributed by atoms with Gasteiger partial charge in [-0.1, -0.05) is 19.1 Å². The van der Waals surface area contributed by atoms with E-state index in [2.05, 4.69) is 29.7 Å². The number of rotatable bonds is 5. The van der Waals surface area contributed by atoms with E-state index in [4.69, 9.17) is 0 Å². The van der Waals surface area contributed by atoms with Gasteiger partial charge in [-0.2, -0.15) is 0 Å². The van der Waals surface area contributed by atoms with Gasteiger partial charge in [-0.25, -0.2) is 0 Å². The lowest BCUT2D eigenvalue weighted by molar-refractivity contribution is 0.102. The van der Waals surface area contributed by atoms with E-state index in [9.17, 15) is 4.79 Å². The van der Waals surface area contributed by atoms with Crippen LogP contribution in [0.25, 0.3) is 0 Å². The summed E-state index contributed by atoms with van der Waals surface area (Å²) in [7, 11) is 0. The molecule has 3 rings (SSSR count). The van der Waals surface area contributed by atoms with Crippen molar-refractivity contribution in [1.82, 2.24) is 5.32 Å². The fourth-order valence-electron chi connectivity index (χ4n) is 3.05. The minimum Gasteiger partial charge on any atom is -0.322 e. The third kappa shape index (κ3) is 5.50. The average Bonchev–Trinajstić information content (AvgIpc) is 2.64. The summed E-state index contributed by atoms with van der Waals surface area (Å²) in [6, 6.07) is 16.0. The van der Waals surface area contributed by atoms with E-state index in [1.807, 2.05) is 36.4 Å². The highest BCUT2D eigenvalue weighted by molar-refractivity contribution is 7.99. The van der Waals surface area contributed by atoms with Crippen molar-refractivity contribution in [2.24, 2.45) is 0 Å². The summed E-state index contributed by atoms with van der Waals surface area (Å²) < 4.78 is 0. The molecule has 0 bridgehead atoms. The molecule has 1 aliphatic rings. The van der Waals surface area contributed by atoms with Gasteiger partial charge in [0.15, 0.2) is 0 Å². The zero-order valence-electron chi connectivity index (χ0n) is 14.5. The molecule has 134 valence electrons. The highest BCUT2D eigenvalue weighted by Crippen LogP contribution is 2.24. The van der Waals surface area contributed by atoms with Crippen molar-refractivity contribution in [1.29, 1.82) is 0 Å². The van der Waals surface area contributed by atoms with Crippen LogP contribution in [0.1, 0.15) is 41.6 Å². The van der Waals surface area contributed by atoms with E-state index in [1.54, 1.807) is 11.8 Å². The van der Waals surface area contributed by atoms with Crippen LogP contribution in [-0.4, -0.2) is 24.7 Å². The molecule has 25 heavy (non-hydrogen) atoms. The van der Waals surface area contributed by atoms with Gasteiger partial charge in [0.2, 0.25) is 0 Å². The normalized spacial score (nSPS) is 16.8. The minimum atomic E-state index is -0.0601. The van der Waals surface area contributed by atoms with E-state index in [0.717, 1.165) is 24.5 Å². The van der Waals surface area contributed by atoms with Crippen LogP contribution >= 0.6 is 24.2 Å². The van der Waals surface area contributed by atoms with E-state index < -0.39 is 0 Å². The minimum absolute atomic E-state index is 0. The van der Waals surface area contributed by atoms with Crippen LogP contribution in [0, 0.1) is 0 Å². The lowest BCUT2D eigenvalue weighted by Gasteiger charge is -2.23. The van der Waals surface area contributed by atoms with E-state index >= 15 is 0 Å². The Morgan fingerprint density at radius 1 is 1.16 bits per heavy atom. The molecule has 2 aromatic carbocycles. The number of benzene rings is 2. The maximum absolute atomic E-state index is 12.3. The molecular weight excluding hydrogens is 352 g/mol. The summed E-state index contributed by atoms with van der Waals surface area (Å²) in [5, 5.41) is 6.42. The first-order valence-electron chi connectivity index (χ1n) is 8.61. The van der Waals surface area contributed by atoms with Crippen LogP contribution in [0.5, 0.6) is 0 Å². The Morgan fingerprint density at radius 3 is 2.48 bits per heavy atom. The Kier molecular flexibility index (Phi) is 7.82. The number of amides is 1. The summed E-state index contributed by atoms with van der Waals surface area (Å²) in [5.74, 6) is 1.57. The van der Waals surface area contributed by atoms with Gasteiger partial charge in [0.05, 0.1) is 0 Å². The Bertz CT molecular complexity index is 667. The Hall–Kier alpha value is -1.49. The second-order valence-electron chi connectivity index (χ2n) is 6.08. The summed E-state index contributed by atoms with van der Waals surface area (Å²) >= 11 is 1.78. The first kappa shape index (κ1) is 19.8. The third-order valence-electron chi connectivity index (χ3n) is 4.36. The van der Waals surface area contributed by atoms with Crippen molar-refractivity contribution in [3.8, 4) is 0 Å². The van der Waals surface area contributed by atoms with Gasteiger partial charge in [0, 0.05) is 22.7 Å². The molecule has 1 amide bonds. The number of carbonyl (C=O) groups excluding carboxylic acids is 1. The van der Waals surface area contributed by atoms with Gasteiger partial charge in [0.25, 0.3) is 5.91 Å². The molecule has 0 spiro atoms. The number of carbonyl (C=O) groups is 1. The molecule has 0 radical (unpaired) electrons. The number of piperidine rings is 1. The average molecular weight is 377 g/mol. The Labute approximate surface area is 160 Å². The van der Waals surface area contributed by atoms with Crippen LogP contribution < -0.4 is 10.6 Å². The molecule has 1 heterocycles. The fourth-order valence-corrected chi connectivity index (χ4v) is 3.71. The number of hydrogen-bond donors (Lipinski definition) is 2. The molecule has 2 aromatic rings. The van der Waals surface area contributed by atoms with Crippen molar-refractivity contribution in [2.75, 3.05) is 24.2 Å². The van der Waals surface area contributed by atoms with E-state index in [-0.39, 0.29) is 18.3 Å². The van der Waals surface area contributed by atoms with Gasteiger partial charge in [-0.05, 0) is 73.0 Å². The first-order valence-corrected chi connectivity index (χ1v) is 9.59. The monoisotopic (exact) mass is 376 g/mol. The molecule has 5 heteroatoms. The second kappa shape index (κ2) is 9.85. The van der Waals surface area contributed by atoms with Crippen LogP contribution in [0.3, 0.4) is 0 Å². The van der Waals surface area contributed by atoms with Gasteiger partial charge < -0.3 is 10.6 Å². The van der Waals surface area contributed by atoms with Crippen LogP contribution in [0.2, 0.25) is 0 Å². The summed E-state index contributed by atoms with van der Waals surface area (Å²) in [6.07, 6.45) is 2.47. The molecule has 1 fully saturated rings. The molecule has 3 nitrogen and oxygen atoms in total. The summed E-state index contributed by atoms with van der Waals surface area (Å²) in [6.45, 7) is 4.30. The Morgan fingerprint density at radius 2 is 1.88 bits per heavy atom. The van der Waals surface area contributed by atoms with Gasteiger partial charge in [-0.15, -0.1) is 24.2 Å². The molecule has 0 saturated carbocycles. The number of hydrogen-bond acceptors (Lipinski definition) is 3. The fraction of sp³-hybridized carbons (Fsp3) is 0.350. The van der Waals surface area contributed by atoms with Gasteiger partial charge >= 0.3 is 0 Å². The first-order chi connectivity index (χ1) is 11.8. The molecule has 1 saturated heterocycles. The highest BCUT2D eigenvalue weighted by Gasteiger charge is 2.15. The predicted molar refractivity (Wildman–Crippen MR) is 109 cm³/mol. The molecule has 2 N–H and O–H groups in total. The predicted octanol–water partition coefficient (Wildman–Crippen LogP) is 4.94. The zero-order valence-corrected chi connectivity index (χ0v) is 16.1. The SMILES string of the molecule is CCSc1ccc(C(=O)Nc2ccc(C3CCCNC3)cc2)cc1.Cl. The van der Waals surface area contributed by atoms with Crippen LogP contribution in [0.15, 0.2) is 53.4 Å². The lowest BCUT2D eigenvalue weighted by atomic mass is 9.91. The molecule has 1 unspecified atom stereocenters. The summed E-state index contributed by atoms with van der Waals surface area (Å²) in [5.41, 5.74) is 2.89. The topological polar surface area (TPSA) is 41.1 Å². The van der Waals surface area contributed by atoms with Crippen LogP contribution in [0.4, 0.5) is 5.69 Å². The van der Waals surface area contributed by atoms with E-state index in [0.29, 0.717) is 11.5 Å². The van der Waals surface area contributed by atoms with E-state index in [1.165, 1.54) is 23.3 Å². The smallest absolute Gasteiger partial charge is 0.255 e. The highest BCUT2D eigenvalue weighted by atomic mass is 35.5.